The Kier molecular flexibility index (Phi) is 30.7. The van der Waals surface area contributed by atoms with Crippen molar-refractivity contribution >= 4 is 153 Å². The van der Waals surface area contributed by atoms with E-state index in [4.69, 9.17) is 48.5 Å². The van der Waals surface area contributed by atoms with Gasteiger partial charge in [-0.1, -0.05) is 45.8 Å². The number of halogens is 2. The van der Waals surface area contributed by atoms with Gasteiger partial charge in [-0.25, -0.2) is 21.8 Å². The topological polar surface area (TPSA) is 437 Å². The number of fused-ring (bicyclic) bond motifs is 1. The first-order valence-corrected chi connectivity index (χ1v) is 27.4. The number of nitriles is 2. The number of azo groups is 2. The van der Waals surface area contributed by atoms with E-state index >= 15 is 0 Å². The van der Waals surface area contributed by atoms with Gasteiger partial charge in [0.2, 0.25) is 5.91 Å². The number of hydrogen-bond acceptors (Lipinski definition) is 26. The van der Waals surface area contributed by atoms with E-state index in [1.54, 1.807) is 24.3 Å². The van der Waals surface area contributed by atoms with Gasteiger partial charge in [-0.2, -0.15) is 46.9 Å². The van der Waals surface area contributed by atoms with Crippen molar-refractivity contribution in [2.45, 2.75) is 28.5 Å². The Morgan fingerprint density at radius 2 is 1.22 bits per heavy atom. The van der Waals surface area contributed by atoms with E-state index in [-0.39, 0.29) is 165 Å². The summed E-state index contributed by atoms with van der Waals surface area (Å²) in [6.45, 7) is 2.77. The molecule has 7 aromatic rings. The second kappa shape index (κ2) is 32.7. The number of nitrogens with one attached hydrogen (secondary N) is 3. The van der Waals surface area contributed by atoms with E-state index in [0.717, 1.165) is 47.7 Å². The van der Waals surface area contributed by atoms with E-state index in [9.17, 15) is 54.2 Å². The summed E-state index contributed by atoms with van der Waals surface area (Å²) < 4.78 is 160. The van der Waals surface area contributed by atoms with E-state index in [0.29, 0.717) is 11.4 Å². The summed E-state index contributed by atoms with van der Waals surface area (Å²) in [5.41, 5.74) is 0.480. The summed E-state index contributed by atoms with van der Waals surface area (Å²) in [6.07, 6.45) is 0. The molecule has 7 rings (SSSR count). The van der Waals surface area contributed by atoms with Crippen LogP contribution in [0.2, 0.25) is 10.0 Å². The third-order valence-electron chi connectivity index (χ3n) is 9.35. The molecule has 39 heteroatoms. The standard InChI is InChI=1S/C42H26Cl2N10O10S4.5Li.2O3S/c1-21-31(19-45)39(49-27-13-14-33(44)36(17-27)68(62,63)64)50-40(48-25-11-9-24(43)10-12-25)38(21)52-53-41-32(20-46)37(23-5-3-6-26(15-23)47-22(2)55)42(65-41)54-51-28-16-30-29(35(18-28)67(59,60)61)7-4-8-34(30)66(56,57)58;;;;;;2*1-4(2)3/h3,5-9,11-18H,1-2H3,(H,47,55)(H2,48,49,50)(H,56,57,58)(H,59,60,61)(H,62,63,64);;;;;;;/q-2;5*+1;;/p-3. The number of hydrogen-bond donors (Lipinski definition) is 3. The quantitative estimate of drug-likeness (QED) is 0.0418. The van der Waals surface area contributed by atoms with Crippen LogP contribution in [-0.2, 0) is 56.4 Å². The molecule has 0 bridgehead atoms. The molecule has 0 aliphatic rings. The van der Waals surface area contributed by atoms with Crippen molar-refractivity contribution in [1.82, 2.24) is 4.98 Å². The summed E-state index contributed by atoms with van der Waals surface area (Å²) in [5.74, 6) is -0.598. The van der Waals surface area contributed by atoms with Crippen LogP contribution in [-0.4, -0.2) is 75.1 Å². The summed E-state index contributed by atoms with van der Waals surface area (Å²) >= 11 is 12.8. The molecule has 0 saturated heterocycles. The largest absolute Gasteiger partial charge is 1.00 e. The van der Waals surface area contributed by atoms with Gasteiger partial charge >= 0.3 is 116 Å². The van der Waals surface area contributed by atoms with Crippen LogP contribution in [0.15, 0.2) is 120 Å². The minimum absolute atomic E-state index is 0. The van der Waals surface area contributed by atoms with Crippen LogP contribution in [0.1, 0.15) is 23.6 Å². The number of carbonyl (C=O) groups excluding carboxylic acids is 1. The Hall–Kier alpha value is -5.00. The molecule has 0 saturated carbocycles. The average Bonchev–Trinajstić information content (AvgIpc) is 3.67. The van der Waals surface area contributed by atoms with Crippen molar-refractivity contribution in [3.63, 3.8) is 0 Å². The van der Waals surface area contributed by atoms with Gasteiger partial charge in [-0.3, -0.25) is 13.2 Å². The molecule has 0 fully saturated rings. The predicted octanol–water partition coefficient (Wildman–Crippen LogP) is -7.08. The number of amides is 1. The van der Waals surface area contributed by atoms with Gasteiger partial charge < -0.3 is 29.6 Å². The predicted molar refractivity (Wildman–Crippen MR) is 265 cm³/mol. The minimum atomic E-state index is -5.32. The maximum absolute atomic E-state index is 12.4. The molecule has 26 nitrogen and oxygen atoms in total. The third-order valence-corrected chi connectivity index (χ3v) is 13.6. The number of carbonyl (C=O) groups is 1. The first kappa shape index (κ1) is 76.0. The summed E-state index contributed by atoms with van der Waals surface area (Å²) in [4.78, 5) is 14.0. The van der Waals surface area contributed by atoms with Crippen LogP contribution in [0.4, 0.5) is 50.1 Å². The van der Waals surface area contributed by atoms with Crippen molar-refractivity contribution in [2.75, 3.05) is 16.0 Å². The molecule has 0 aliphatic carbocycles. The number of aromatic nitrogens is 1. The zero-order valence-corrected chi connectivity index (χ0v) is 48.9. The molecule has 81 heavy (non-hydrogen) atoms. The van der Waals surface area contributed by atoms with Gasteiger partial charge in [0.05, 0.1) is 31.3 Å². The number of thiophene rings is 1. The van der Waals surface area contributed by atoms with E-state index < -0.39 is 88.6 Å². The first-order chi connectivity index (χ1) is 35.5. The molecule has 392 valence electrons. The molecule has 0 radical (unpaired) electrons. The van der Waals surface area contributed by atoms with Crippen LogP contribution >= 0.6 is 34.5 Å². The number of rotatable bonds is 13. The second-order valence-corrected chi connectivity index (χ2v) is 21.0. The summed E-state index contributed by atoms with van der Waals surface area (Å²) in [6, 6.07) is 27.1. The van der Waals surface area contributed by atoms with Crippen molar-refractivity contribution in [3.05, 3.63) is 124 Å². The average molecular weight is 1220 g/mol. The molecule has 5 aromatic carbocycles. The summed E-state index contributed by atoms with van der Waals surface area (Å²) in [5, 5.41) is 45.6. The van der Waals surface area contributed by atoms with Crippen LogP contribution in [0, 0.1) is 41.7 Å². The Morgan fingerprint density at radius 1 is 0.654 bits per heavy atom. The Bertz CT molecular complexity index is 4240. The fourth-order valence-electron chi connectivity index (χ4n) is 6.45. The van der Waals surface area contributed by atoms with E-state index in [1.165, 1.54) is 38.1 Å². The number of pyridine rings is 1. The molecule has 0 atom stereocenters. The minimum Gasteiger partial charge on any atom is -0.754 e. The normalized spacial score (nSPS) is 10.7. The molecule has 3 N–H and O–H groups in total. The van der Waals surface area contributed by atoms with Gasteiger partial charge in [0.25, 0.3) is 0 Å². The van der Waals surface area contributed by atoms with Crippen LogP contribution in [0.25, 0.3) is 21.9 Å². The van der Waals surface area contributed by atoms with E-state index in [2.05, 4.69) is 59.6 Å². The SMILES string of the molecule is CC(=O)Nc1cccc(-c2c(N=Nc3cc(S(=O)(=O)[O-])c4c[c-]cc(S(=O)(=O)[O-])c4c3)sc(N=Nc3c(Nc4c[c-]c(Cl)cc4)nc(Nc4ccc(Cl)c(S(=O)(=O)[O-])c4)c(C#N)c3C)c2C#N)c1.O=S(=O)=O.O=S(=O)=O.[Li+].[Li+].[Li+].[Li+].[Li+]. The van der Waals surface area contributed by atoms with Crippen LogP contribution in [0.3, 0.4) is 0 Å². The van der Waals surface area contributed by atoms with Crippen molar-refractivity contribution in [2.24, 2.45) is 20.5 Å². The second-order valence-electron chi connectivity index (χ2n) is 14.3. The Morgan fingerprint density at radius 3 is 1.77 bits per heavy atom. The molecule has 2 aromatic heterocycles. The smallest absolute Gasteiger partial charge is 0.754 e. The number of anilines is 5. The van der Waals surface area contributed by atoms with Crippen LogP contribution in [0.5, 0.6) is 0 Å². The number of nitrogens with zero attached hydrogens (tertiary/aromatic N) is 7. The van der Waals surface area contributed by atoms with Gasteiger partial charge in [0, 0.05) is 34.3 Å². The maximum Gasteiger partial charge on any atom is 1.00 e. The van der Waals surface area contributed by atoms with Crippen molar-refractivity contribution in [3.8, 4) is 23.3 Å². The maximum atomic E-state index is 12.4. The molecule has 1 amide bonds. The molecule has 2 heterocycles. The fourth-order valence-corrected chi connectivity index (χ4v) is 9.82. The molecule has 0 aliphatic heterocycles. The molecule has 0 spiro atoms. The Balaban J connectivity index is 0.00000462. The summed E-state index contributed by atoms with van der Waals surface area (Å²) in [7, 11) is -21.8. The zero-order chi connectivity index (χ0) is 56.4. The van der Waals surface area contributed by atoms with Gasteiger partial charge in [0.15, 0.2) is 10.8 Å². The molecular weight excluding hydrogens is 1200 g/mol. The monoisotopic (exact) mass is 1220 g/mol. The van der Waals surface area contributed by atoms with Gasteiger partial charge in [0.1, 0.15) is 54.4 Å². The van der Waals surface area contributed by atoms with Crippen molar-refractivity contribution < 1.29 is 163 Å². The van der Waals surface area contributed by atoms with Gasteiger partial charge in [-0.15, -0.1) is 74.2 Å². The van der Waals surface area contributed by atoms with Crippen LogP contribution < -0.4 is 110 Å². The van der Waals surface area contributed by atoms with Gasteiger partial charge in [-0.05, 0) is 59.8 Å². The molecule has 0 unspecified atom stereocenters. The third kappa shape index (κ3) is 21.0. The first-order valence-electron chi connectivity index (χ1n) is 19.6. The van der Waals surface area contributed by atoms with Crippen molar-refractivity contribution in [1.29, 1.82) is 10.5 Å². The number of benzene rings is 5. The fraction of sp³-hybridized carbons (Fsp3) is 0.0476. The zero-order valence-electron chi connectivity index (χ0n) is 42.5. The van der Waals surface area contributed by atoms with E-state index in [1.807, 2.05) is 6.07 Å². The molecular formula is C42H23Cl2Li5N10O16S6. The Labute approximate surface area is 537 Å².